The molecule has 0 heterocycles. The van der Waals surface area contributed by atoms with Crippen molar-refractivity contribution in [2.45, 2.75) is 6.54 Å². The van der Waals surface area contributed by atoms with Gasteiger partial charge in [-0.3, -0.25) is 4.79 Å². The highest BCUT2D eigenvalue weighted by Gasteiger charge is 2.14. The van der Waals surface area contributed by atoms with Crippen molar-refractivity contribution in [1.82, 2.24) is 4.90 Å². The Balaban J connectivity index is 1.54. The highest BCUT2D eigenvalue weighted by Crippen LogP contribution is 2.22. The zero-order valence-corrected chi connectivity index (χ0v) is 15.5. The second-order valence-corrected chi connectivity index (χ2v) is 6.44. The average molecular weight is 375 g/mol. The maximum atomic E-state index is 12.2. The number of nitrogens with zero attached hydrogens (tertiary/aromatic N) is 1. The predicted octanol–water partition coefficient (Wildman–Crippen LogP) is 3.87. The highest BCUT2D eigenvalue weighted by atomic mass is 16.5. The molecular formula is C23H21NO4. The lowest BCUT2D eigenvalue weighted by molar-refractivity contribution is -0.133. The maximum Gasteiger partial charge on any atom is 0.338 e. The Kier molecular flexibility index (Phi) is 6.07. The lowest BCUT2D eigenvalue weighted by Crippen LogP contribution is -2.30. The molecule has 0 aliphatic rings. The minimum absolute atomic E-state index is 0.200. The molecule has 5 heteroatoms. The molecule has 0 saturated heterocycles. The lowest BCUT2D eigenvalue weighted by atomic mass is 10.0. The van der Waals surface area contributed by atoms with E-state index in [1.54, 1.807) is 55.6 Å². The van der Waals surface area contributed by atoms with Gasteiger partial charge in [0.15, 0.2) is 6.61 Å². The second-order valence-electron chi connectivity index (χ2n) is 6.44. The van der Waals surface area contributed by atoms with Gasteiger partial charge in [-0.05, 0) is 41.0 Å². The molecule has 142 valence electrons. The van der Waals surface area contributed by atoms with Crippen molar-refractivity contribution >= 4 is 11.9 Å². The molecule has 1 amide bonds. The van der Waals surface area contributed by atoms with Crippen LogP contribution in [-0.2, 0) is 16.1 Å². The number of carbonyl (C=O) groups is 2. The molecule has 1 N–H and O–H groups in total. The van der Waals surface area contributed by atoms with Crippen LogP contribution in [-0.4, -0.2) is 35.5 Å². The number of aromatic hydroxyl groups is 1. The van der Waals surface area contributed by atoms with Gasteiger partial charge in [-0.15, -0.1) is 0 Å². The quantitative estimate of drug-likeness (QED) is 0.664. The Morgan fingerprint density at radius 1 is 0.857 bits per heavy atom. The summed E-state index contributed by atoms with van der Waals surface area (Å²) in [7, 11) is 1.68. The molecule has 3 aromatic carbocycles. The van der Waals surface area contributed by atoms with E-state index in [2.05, 4.69) is 0 Å². The van der Waals surface area contributed by atoms with E-state index in [-0.39, 0.29) is 18.3 Å². The number of carbonyl (C=O) groups excluding carboxylic acids is 2. The number of rotatable bonds is 6. The van der Waals surface area contributed by atoms with Crippen LogP contribution in [0.1, 0.15) is 15.9 Å². The molecule has 0 aliphatic heterocycles. The number of ether oxygens (including phenoxy) is 1. The van der Waals surface area contributed by atoms with Crippen LogP contribution in [0.4, 0.5) is 0 Å². The van der Waals surface area contributed by atoms with Gasteiger partial charge < -0.3 is 14.7 Å². The van der Waals surface area contributed by atoms with Gasteiger partial charge in [0.05, 0.1) is 5.56 Å². The number of phenols is 1. The number of hydrogen-bond donors (Lipinski definition) is 1. The van der Waals surface area contributed by atoms with Crippen LogP contribution in [0, 0.1) is 0 Å². The fourth-order valence-electron chi connectivity index (χ4n) is 2.72. The van der Waals surface area contributed by atoms with E-state index in [4.69, 9.17) is 4.74 Å². The van der Waals surface area contributed by atoms with Crippen LogP contribution in [0.15, 0.2) is 78.9 Å². The molecule has 0 spiro atoms. The Morgan fingerprint density at radius 2 is 1.43 bits per heavy atom. The van der Waals surface area contributed by atoms with Crippen molar-refractivity contribution < 1.29 is 19.4 Å². The lowest BCUT2D eigenvalue weighted by Gasteiger charge is -2.17. The molecule has 28 heavy (non-hydrogen) atoms. The molecule has 0 bridgehead atoms. The van der Waals surface area contributed by atoms with Crippen molar-refractivity contribution in [3.63, 3.8) is 0 Å². The topological polar surface area (TPSA) is 66.8 Å². The number of esters is 1. The fourth-order valence-corrected chi connectivity index (χ4v) is 2.72. The van der Waals surface area contributed by atoms with Gasteiger partial charge in [-0.2, -0.15) is 0 Å². The summed E-state index contributed by atoms with van der Waals surface area (Å²) < 4.78 is 5.15. The fraction of sp³-hybridized carbons (Fsp3) is 0.130. The minimum Gasteiger partial charge on any atom is -0.508 e. The number of hydrogen-bond acceptors (Lipinski definition) is 4. The van der Waals surface area contributed by atoms with Crippen LogP contribution >= 0.6 is 0 Å². The first kappa shape index (κ1) is 19.2. The van der Waals surface area contributed by atoms with Crippen LogP contribution < -0.4 is 0 Å². The predicted molar refractivity (Wildman–Crippen MR) is 107 cm³/mol. The smallest absolute Gasteiger partial charge is 0.338 e. The van der Waals surface area contributed by atoms with Crippen molar-refractivity contribution in [2.24, 2.45) is 0 Å². The van der Waals surface area contributed by atoms with Crippen molar-refractivity contribution in [3.05, 3.63) is 90.0 Å². The first-order chi connectivity index (χ1) is 13.5. The molecule has 0 unspecified atom stereocenters. The van der Waals surface area contributed by atoms with Crippen molar-refractivity contribution in [1.29, 1.82) is 0 Å². The highest BCUT2D eigenvalue weighted by molar-refractivity contribution is 5.91. The zero-order chi connectivity index (χ0) is 19.9. The van der Waals surface area contributed by atoms with E-state index in [1.807, 2.05) is 30.3 Å². The average Bonchev–Trinajstić information content (AvgIpc) is 2.73. The molecule has 0 saturated carbocycles. The van der Waals surface area contributed by atoms with Gasteiger partial charge >= 0.3 is 5.97 Å². The minimum atomic E-state index is -0.543. The third-order valence-electron chi connectivity index (χ3n) is 4.34. The van der Waals surface area contributed by atoms with E-state index in [0.717, 1.165) is 16.7 Å². The molecule has 5 nitrogen and oxygen atoms in total. The van der Waals surface area contributed by atoms with Crippen LogP contribution in [0.3, 0.4) is 0 Å². The Morgan fingerprint density at radius 3 is 2.04 bits per heavy atom. The van der Waals surface area contributed by atoms with E-state index in [9.17, 15) is 14.7 Å². The molecular weight excluding hydrogens is 354 g/mol. The molecule has 3 aromatic rings. The molecule has 0 fully saturated rings. The zero-order valence-electron chi connectivity index (χ0n) is 15.5. The summed E-state index contributed by atoms with van der Waals surface area (Å²) in [6, 6.07) is 23.3. The summed E-state index contributed by atoms with van der Waals surface area (Å²) in [5.41, 5.74) is 3.22. The summed E-state index contributed by atoms with van der Waals surface area (Å²) in [5.74, 6) is -0.609. The van der Waals surface area contributed by atoms with E-state index >= 15 is 0 Å². The Hall–Kier alpha value is -3.60. The number of benzene rings is 3. The van der Waals surface area contributed by atoms with Gasteiger partial charge in [0, 0.05) is 13.6 Å². The largest absolute Gasteiger partial charge is 0.508 e. The SMILES string of the molecule is CN(Cc1ccccc1)C(=O)COC(=O)c1ccc(-c2ccc(O)cc2)cc1. The Bertz CT molecular complexity index is 935. The maximum absolute atomic E-state index is 12.2. The molecule has 3 rings (SSSR count). The number of phenolic OH excluding ortho intramolecular Hbond substituents is 1. The van der Waals surface area contributed by atoms with E-state index < -0.39 is 5.97 Å². The summed E-state index contributed by atoms with van der Waals surface area (Å²) in [4.78, 5) is 25.9. The third kappa shape index (κ3) is 4.98. The van der Waals surface area contributed by atoms with Crippen LogP contribution in [0.25, 0.3) is 11.1 Å². The van der Waals surface area contributed by atoms with Crippen molar-refractivity contribution in [2.75, 3.05) is 13.7 Å². The van der Waals surface area contributed by atoms with Gasteiger partial charge in [0.25, 0.3) is 5.91 Å². The third-order valence-corrected chi connectivity index (χ3v) is 4.34. The van der Waals surface area contributed by atoms with Gasteiger partial charge in [0.2, 0.25) is 0 Å². The summed E-state index contributed by atoms with van der Waals surface area (Å²) in [6.45, 7) is 0.153. The molecule has 0 aliphatic carbocycles. The van der Waals surface area contributed by atoms with E-state index in [0.29, 0.717) is 12.1 Å². The standard InChI is InChI=1S/C23H21NO4/c1-24(15-17-5-3-2-4-6-17)22(26)16-28-23(27)20-9-7-18(8-10-20)19-11-13-21(25)14-12-19/h2-14,25H,15-16H2,1H3. The number of amides is 1. The van der Waals surface area contributed by atoms with Gasteiger partial charge in [-0.1, -0.05) is 54.6 Å². The van der Waals surface area contributed by atoms with Gasteiger partial charge in [0.1, 0.15) is 5.75 Å². The van der Waals surface area contributed by atoms with Crippen LogP contribution in [0.5, 0.6) is 5.75 Å². The van der Waals surface area contributed by atoms with E-state index in [1.165, 1.54) is 4.90 Å². The normalized spacial score (nSPS) is 10.3. The van der Waals surface area contributed by atoms with Gasteiger partial charge in [-0.25, -0.2) is 4.79 Å². The summed E-state index contributed by atoms with van der Waals surface area (Å²) >= 11 is 0. The molecule has 0 aromatic heterocycles. The van der Waals surface area contributed by atoms with Crippen molar-refractivity contribution in [3.8, 4) is 16.9 Å². The first-order valence-corrected chi connectivity index (χ1v) is 8.87. The monoisotopic (exact) mass is 375 g/mol. The second kappa shape index (κ2) is 8.86. The summed E-state index contributed by atoms with van der Waals surface area (Å²) in [5, 5.41) is 9.35. The summed E-state index contributed by atoms with van der Waals surface area (Å²) in [6.07, 6.45) is 0. The molecule has 0 atom stereocenters. The van der Waals surface area contributed by atoms with Crippen LogP contribution in [0.2, 0.25) is 0 Å². The number of likely N-dealkylation sites (N-methyl/N-ethyl adjacent to an activating group) is 1. The molecule has 0 radical (unpaired) electrons. The first-order valence-electron chi connectivity index (χ1n) is 8.87. The Labute approximate surface area is 163 Å².